The van der Waals surface area contributed by atoms with Gasteiger partial charge in [-0.3, -0.25) is 14.3 Å². The Balaban J connectivity index is 1.88. The van der Waals surface area contributed by atoms with Gasteiger partial charge in [-0.15, -0.1) is 0 Å². The number of alkyl halides is 3. The fraction of sp³-hybridized carbons (Fsp3) is 0.706. The second kappa shape index (κ2) is 7.28. The fourth-order valence-corrected chi connectivity index (χ4v) is 3.84. The molecule has 2 aliphatic rings. The van der Waals surface area contributed by atoms with Crippen molar-refractivity contribution in [1.29, 1.82) is 0 Å². The molecule has 144 valence electrons. The van der Waals surface area contributed by atoms with Gasteiger partial charge in [0.05, 0.1) is 0 Å². The number of nitrogens with zero attached hydrogens (tertiary/aromatic N) is 3. The van der Waals surface area contributed by atoms with Crippen LogP contribution < -0.4 is 5.32 Å². The van der Waals surface area contributed by atoms with Gasteiger partial charge in [0.25, 0.3) is 0 Å². The summed E-state index contributed by atoms with van der Waals surface area (Å²) in [5, 5.41) is 6.46. The molecule has 1 fully saturated rings. The highest BCUT2D eigenvalue weighted by Gasteiger charge is 2.40. The molecule has 1 aromatic heterocycles. The molecule has 0 bridgehead atoms. The van der Waals surface area contributed by atoms with Crippen molar-refractivity contribution in [3.8, 4) is 0 Å². The molecule has 0 unspecified atom stereocenters. The van der Waals surface area contributed by atoms with Crippen LogP contribution in [-0.2, 0) is 35.2 Å². The van der Waals surface area contributed by atoms with Gasteiger partial charge in [0, 0.05) is 24.3 Å². The molecule has 0 saturated carbocycles. The van der Waals surface area contributed by atoms with Gasteiger partial charge in [-0.25, -0.2) is 0 Å². The fourth-order valence-electron chi connectivity index (χ4n) is 3.84. The third-order valence-corrected chi connectivity index (χ3v) is 5.10. The zero-order valence-electron chi connectivity index (χ0n) is 14.7. The Morgan fingerprint density at radius 3 is 2.69 bits per heavy atom. The molecular formula is C17H23F3N4O2. The Morgan fingerprint density at radius 2 is 2.00 bits per heavy atom. The van der Waals surface area contributed by atoms with E-state index in [4.69, 9.17) is 0 Å². The number of nitrogens with one attached hydrogen (secondary N) is 1. The van der Waals surface area contributed by atoms with Gasteiger partial charge < -0.3 is 10.2 Å². The quantitative estimate of drug-likeness (QED) is 0.825. The predicted octanol–water partition coefficient (Wildman–Crippen LogP) is 1.91. The number of hydrogen-bond donors (Lipinski definition) is 1. The minimum absolute atomic E-state index is 0.220. The van der Waals surface area contributed by atoms with Crippen molar-refractivity contribution in [1.82, 2.24) is 20.0 Å². The average molecular weight is 372 g/mol. The molecule has 1 atom stereocenters. The molecule has 2 amide bonds. The molecule has 1 N–H and O–H groups in total. The lowest BCUT2D eigenvalue weighted by atomic mass is 10.1. The standard InChI is InChI=1S/C17H23F3N4O2/c1-2-12-16(26)21-8-9-23(12)14(25)10-24-13-7-5-3-4-6-11(13)15(22-24)17(18,19)20/h12H,2-10H2,1H3,(H,21,26)/t12-/m1/s1. The van der Waals surface area contributed by atoms with Gasteiger partial charge in [-0.2, -0.15) is 18.3 Å². The number of rotatable bonds is 3. The summed E-state index contributed by atoms with van der Waals surface area (Å²) in [5.74, 6) is -0.586. The van der Waals surface area contributed by atoms with Gasteiger partial charge in [-0.05, 0) is 32.1 Å². The third-order valence-electron chi connectivity index (χ3n) is 5.10. The van der Waals surface area contributed by atoms with Crippen molar-refractivity contribution < 1.29 is 22.8 Å². The third kappa shape index (κ3) is 3.57. The van der Waals surface area contributed by atoms with Crippen molar-refractivity contribution in [2.45, 2.75) is 64.2 Å². The van der Waals surface area contributed by atoms with Crippen LogP contribution >= 0.6 is 0 Å². The van der Waals surface area contributed by atoms with Crippen molar-refractivity contribution in [3.63, 3.8) is 0 Å². The average Bonchev–Trinajstić information content (AvgIpc) is 2.77. The molecular weight excluding hydrogens is 349 g/mol. The molecule has 9 heteroatoms. The topological polar surface area (TPSA) is 67.2 Å². The van der Waals surface area contributed by atoms with E-state index in [1.165, 1.54) is 9.58 Å². The van der Waals surface area contributed by atoms with E-state index in [0.29, 0.717) is 44.5 Å². The van der Waals surface area contributed by atoms with Crippen molar-refractivity contribution in [2.75, 3.05) is 13.1 Å². The summed E-state index contributed by atoms with van der Waals surface area (Å²) < 4.78 is 41.3. The normalized spacial score (nSPS) is 21.2. The van der Waals surface area contributed by atoms with E-state index in [0.717, 1.165) is 12.8 Å². The molecule has 0 radical (unpaired) electrons. The molecule has 3 rings (SSSR count). The lowest BCUT2D eigenvalue weighted by Gasteiger charge is -2.34. The number of aromatic nitrogens is 2. The number of hydrogen-bond acceptors (Lipinski definition) is 3. The first kappa shape index (κ1) is 18.7. The van der Waals surface area contributed by atoms with E-state index >= 15 is 0 Å². The zero-order valence-corrected chi connectivity index (χ0v) is 14.7. The Bertz CT molecular complexity index is 699. The van der Waals surface area contributed by atoms with Gasteiger partial charge in [-0.1, -0.05) is 13.3 Å². The number of carbonyl (C=O) groups excluding carboxylic acids is 2. The monoisotopic (exact) mass is 372 g/mol. The van der Waals surface area contributed by atoms with Crippen LogP contribution in [0, 0.1) is 0 Å². The second-order valence-corrected chi connectivity index (χ2v) is 6.79. The van der Waals surface area contributed by atoms with Crippen LogP contribution in [0.5, 0.6) is 0 Å². The number of carbonyl (C=O) groups is 2. The molecule has 1 aliphatic heterocycles. The van der Waals surface area contributed by atoms with E-state index in [2.05, 4.69) is 10.4 Å². The highest BCUT2D eigenvalue weighted by atomic mass is 19.4. The lowest BCUT2D eigenvalue weighted by molar-refractivity contribution is -0.145. The van der Waals surface area contributed by atoms with E-state index < -0.39 is 17.9 Å². The summed E-state index contributed by atoms with van der Waals surface area (Å²) in [6, 6.07) is -0.576. The zero-order chi connectivity index (χ0) is 18.9. The lowest BCUT2D eigenvalue weighted by Crippen LogP contribution is -2.57. The van der Waals surface area contributed by atoms with Crippen molar-refractivity contribution in [3.05, 3.63) is 17.0 Å². The minimum Gasteiger partial charge on any atom is -0.353 e. The second-order valence-electron chi connectivity index (χ2n) is 6.79. The summed E-state index contributed by atoms with van der Waals surface area (Å²) in [6.45, 7) is 2.25. The smallest absolute Gasteiger partial charge is 0.353 e. The Morgan fingerprint density at radius 1 is 1.27 bits per heavy atom. The van der Waals surface area contributed by atoms with E-state index in [9.17, 15) is 22.8 Å². The molecule has 6 nitrogen and oxygen atoms in total. The van der Waals surface area contributed by atoms with Crippen LogP contribution in [0.25, 0.3) is 0 Å². The first-order valence-electron chi connectivity index (χ1n) is 9.05. The highest BCUT2D eigenvalue weighted by molar-refractivity contribution is 5.88. The minimum atomic E-state index is -4.53. The van der Waals surface area contributed by atoms with Crippen LogP contribution in [0.2, 0.25) is 0 Å². The number of amides is 2. The number of piperazine rings is 1. The maximum absolute atomic E-state index is 13.4. The van der Waals surface area contributed by atoms with Crippen LogP contribution in [0.3, 0.4) is 0 Å². The van der Waals surface area contributed by atoms with E-state index in [-0.39, 0.29) is 23.9 Å². The van der Waals surface area contributed by atoms with Crippen molar-refractivity contribution >= 4 is 11.8 Å². The molecule has 0 spiro atoms. The van der Waals surface area contributed by atoms with Crippen LogP contribution in [-0.4, -0.2) is 45.6 Å². The highest BCUT2D eigenvalue weighted by Crippen LogP contribution is 2.35. The molecule has 2 heterocycles. The maximum Gasteiger partial charge on any atom is 0.435 e. The van der Waals surface area contributed by atoms with Crippen LogP contribution in [0.1, 0.15) is 49.6 Å². The van der Waals surface area contributed by atoms with Gasteiger partial charge in [0.2, 0.25) is 11.8 Å². The van der Waals surface area contributed by atoms with Crippen LogP contribution in [0.4, 0.5) is 13.2 Å². The molecule has 1 aromatic rings. The first-order valence-corrected chi connectivity index (χ1v) is 9.05. The molecule has 0 aromatic carbocycles. The Kier molecular flexibility index (Phi) is 5.24. The summed E-state index contributed by atoms with van der Waals surface area (Å²) >= 11 is 0. The Labute approximate surface area is 149 Å². The first-order chi connectivity index (χ1) is 12.3. The molecule has 1 aliphatic carbocycles. The molecule has 26 heavy (non-hydrogen) atoms. The summed E-state index contributed by atoms with van der Waals surface area (Å²) in [7, 11) is 0. The summed E-state index contributed by atoms with van der Waals surface area (Å²) in [5.41, 5.74) is -0.130. The maximum atomic E-state index is 13.4. The largest absolute Gasteiger partial charge is 0.435 e. The number of halogens is 3. The predicted molar refractivity (Wildman–Crippen MR) is 87.3 cm³/mol. The van der Waals surface area contributed by atoms with E-state index in [1.807, 2.05) is 0 Å². The van der Waals surface area contributed by atoms with Gasteiger partial charge in [0.1, 0.15) is 12.6 Å². The summed E-state index contributed by atoms with van der Waals surface area (Å²) in [4.78, 5) is 26.1. The van der Waals surface area contributed by atoms with Gasteiger partial charge >= 0.3 is 6.18 Å². The van der Waals surface area contributed by atoms with Gasteiger partial charge in [0.15, 0.2) is 5.69 Å². The molecule has 1 saturated heterocycles. The SMILES string of the molecule is CC[C@@H]1C(=O)NCCN1C(=O)Cn1nc(C(F)(F)F)c2c1CCCCC2. The Hall–Kier alpha value is -2.06. The van der Waals surface area contributed by atoms with Crippen molar-refractivity contribution in [2.24, 2.45) is 0 Å². The number of fused-ring (bicyclic) bond motifs is 1. The van der Waals surface area contributed by atoms with Crippen LogP contribution in [0.15, 0.2) is 0 Å². The summed E-state index contributed by atoms with van der Waals surface area (Å²) in [6.07, 6.45) is -0.897. The van der Waals surface area contributed by atoms with E-state index in [1.54, 1.807) is 6.92 Å².